The van der Waals surface area contributed by atoms with Crippen LogP contribution in [0, 0.1) is 5.82 Å². The number of benzene rings is 1. The molecule has 1 aromatic rings. The molecule has 0 radical (unpaired) electrons. The van der Waals surface area contributed by atoms with Crippen LogP contribution in [-0.4, -0.2) is 5.91 Å². The highest BCUT2D eigenvalue weighted by atomic mass is 79.9. The molecule has 1 amide bonds. The van der Waals surface area contributed by atoms with E-state index in [-0.39, 0.29) is 10.6 Å². The lowest BCUT2D eigenvalue weighted by Crippen LogP contribution is -2.12. The van der Waals surface area contributed by atoms with Crippen molar-refractivity contribution in [2.45, 2.75) is 0 Å². The van der Waals surface area contributed by atoms with E-state index in [9.17, 15) is 9.18 Å². The Morgan fingerprint density at radius 2 is 2.17 bits per heavy atom. The molecular weight excluding hydrogens is 248 g/mol. The minimum absolute atomic E-state index is 0.0492. The highest BCUT2D eigenvalue weighted by Crippen LogP contribution is 2.24. The minimum Gasteiger partial charge on any atom is -0.366 e. The molecule has 2 nitrogen and oxygen atoms in total. The molecule has 0 aliphatic rings. The maximum atomic E-state index is 12.8. The van der Waals surface area contributed by atoms with Gasteiger partial charge in [0.05, 0.1) is 10.6 Å². The maximum Gasteiger partial charge on any atom is 0.249 e. The first kappa shape index (κ1) is 9.48. The molecule has 0 heterocycles. The molecule has 1 aromatic carbocycles. The summed E-state index contributed by atoms with van der Waals surface area (Å²) in [5.41, 5.74) is 5.04. The van der Waals surface area contributed by atoms with Gasteiger partial charge in [-0.25, -0.2) is 4.39 Å². The van der Waals surface area contributed by atoms with E-state index in [1.165, 1.54) is 6.07 Å². The van der Waals surface area contributed by atoms with Gasteiger partial charge in [-0.15, -0.1) is 0 Å². The molecule has 0 unspecified atom stereocenters. The molecule has 0 fully saturated rings. The average Bonchev–Trinajstić information content (AvgIpc) is 1.96. The van der Waals surface area contributed by atoms with E-state index in [1.807, 2.05) is 0 Å². The summed E-state index contributed by atoms with van der Waals surface area (Å²) in [6.45, 7) is 0. The van der Waals surface area contributed by atoms with Crippen LogP contribution >= 0.6 is 27.5 Å². The average molecular weight is 252 g/mol. The van der Waals surface area contributed by atoms with Crippen LogP contribution in [0.3, 0.4) is 0 Å². The Kier molecular flexibility index (Phi) is 2.69. The van der Waals surface area contributed by atoms with Crippen molar-refractivity contribution in [1.29, 1.82) is 0 Å². The van der Waals surface area contributed by atoms with Gasteiger partial charge in [0.2, 0.25) is 5.91 Å². The van der Waals surface area contributed by atoms with Crippen molar-refractivity contribution < 1.29 is 9.18 Å². The molecule has 1 rings (SSSR count). The number of hydrogen-bond donors (Lipinski definition) is 1. The van der Waals surface area contributed by atoms with Gasteiger partial charge in [-0.05, 0) is 28.1 Å². The van der Waals surface area contributed by atoms with Gasteiger partial charge in [0.15, 0.2) is 0 Å². The maximum absolute atomic E-state index is 12.8. The largest absolute Gasteiger partial charge is 0.366 e. The van der Waals surface area contributed by atoms with Crippen molar-refractivity contribution in [2.75, 3.05) is 0 Å². The number of carbonyl (C=O) groups is 1. The van der Waals surface area contributed by atoms with Crippen LogP contribution in [0.15, 0.2) is 16.6 Å². The second kappa shape index (κ2) is 3.41. The van der Waals surface area contributed by atoms with Crippen molar-refractivity contribution in [2.24, 2.45) is 5.73 Å². The van der Waals surface area contributed by atoms with E-state index in [2.05, 4.69) is 15.9 Å². The topological polar surface area (TPSA) is 43.1 Å². The molecule has 5 heteroatoms. The van der Waals surface area contributed by atoms with Gasteiger partial charge in [-0.2, -0.15) is 0 Å². The summed E-state index contributed by atoms with van der Waals surface area (Å²) in [4.78, 5) is 10.7. The van der Waals surface area contributed by atoms with Crippen LogP contribution in [0.2, 0.25) is 5.02 Å². The van der Waals surface area contributed by atoms with Crippen LogP contribution in [0.5, 0.6) is 0 Å². The molecular formula is C7H4BrClFNO. The van der Waals surface area contributed by atoms with Crippen LogP contribution in [0.1, 0.15) is 10.4 Å². The Hall–Kier alpha value is -0.610. The summed E-state index contributed by atoms with van der Waals surface area (Å²) in [6, 6.07) is 2.28. The highest BCUT2D eigenvalue weighted by molar-refractivity contribution is 9.10. The SMILES string of the molecule is NC(=O)c1cc(F)c(Cl)cc1Br. The molecule has 0 atom stereocenters. The fourth-order valence-corrected chi connectivity index (χ4v) is 1.55. The number of nitrogens with two attached hydrogens (primary N) is 1. The van der Waals surface area contributed by atoms with E-state index in [0.717, 1.165) is 6.07 Å². The Balaban J connectivity index is 3.33. The van der Waals surface area contributed by atoms with Gasteiger partial charge in [0, 0.05) is 4.47 Å². The molecule has 0 saturated heterocycles. The number of amides is 1. The summed E-state index contributed by atoms with van der Waals surface area (Å²) in [6.07, 6.45) is 0. The lowest BCUT2D eigenvalue weighted by molar-refractivity contribution is 0.0999. The zero-order valence-corrected chi connectivity index (χ0v) is 8.12. The molecule has 12 heavy (non-hydrogen) atoms. The summed E-state index contributed by atoms with van der Waals surface area (Å²) >= 11 is 8.46. The number of carbonyl (C=O) groups excluding carboxylic acids is 1. The molecule has 64 valence electrons. The third-order valence-corrected chi connectivity index (χ3v) is 2.22. The van der Waals surface area contributed by atoms with Crippen molar-refractivity contribution in [3.63, 3.8) is 0 Å². The monoisotopic (exact) mass is 251 g/mol. The van der Waals surface area contributed by atoms with E-state index in [0.29, 0.717) is 4.47 Å². The highest BCUT2D eigenvalue weighted by Gasteiger charge is 2.10. The number of primary amides is 1. The van der Waals surface area contributed by atoms with Gasteiger partial charge in [-0.1, -0.05) is 11.6 Å². The molecule has 0 aliphatic heterocycles. The van der Waals surface area contributed by atoms with Crippen molar-refractivity contribution in [3.8, 4) is 0 Å². The van der Waals surface area contributed by atoms with Gasteiger partial charge in [0.1, 0.15) is 5.82 Å². The van der Waals surface area contributed by atoms with E-state index in [1.54, 1.807) is 0 Å². The third-order valence-electron chi connectivity index (χ3n) is 1.28. The fraction of sp³-hybridized carbons (Fsp3) is 0. The smallest absolute Gasteiger partial charge is 0.249 e. The van der Waals surface area contributed by atoms with Crippen molar-refractivity contribution in [1.82, 2.24) is 0 Å². The van der Waals surface area contributed by atoms with Gasteiger partial charge in [0.25, 0.3) is 0 Å². The lowest BCUT2D eigenvalue weighted by atomic mass is 10.2. The first-order valence-electron chi connectivity index (χ1n) is 2.96. The number of rotatable bonds is 1. The Labute approximate surface area is 81.6 Å². The lowest BCUT2D eigenvalue weighted by Gasteiger charge is -2.00. The summed E-state index contributed by atoms with van der Waals surface area (Å²) in [5.74, 6) is -1.36. The van der Waals surface area contributed by atoms with Crippen LogP contribution in [0.4, 0.5) is 4.39 Å². The molecule has 2 N–H and O–H groups in total. The number of halogens is 3. The Morgan fingerprint density at radius 1 is 1.58 bits per heavy atom. The van der Waals surface area contributed by atoms with E-state index < -0.39 is 11.7 Å². The second-order valence-corrected chi connectivity index (χ2v) is 3.37. The van der Waals surface area contributed by atoms with Crippen molar-refractivity contribution >= 4 is 33.4 Å². The molecule has 0 spiro atoms. The number of hydrogen-bond acceptors (Lipinski definition) is 1. The zero-order valence-electron chi connectivity index (χ0n) is 5.77. The van der Waals surface area contributed by atoms with Gasteiger partial charge in [-0.3, -0.25) is 4.79 Å². The standard InChI is InChI=1S/C7H4BrClFNO/c8-4-2-5(9)6(10)1-3(4)7(11)12/h1-2H,(H2,11,12). The summed E-state index contributed by atoms with van der Waals surface area (Å²) < 4.78 is 13.1. The Morgan fingerprint density at radius 3 is 2.67 bits per heavy atom. The molecule has 0 aliphatic carbocycles. The molecule has 0 bridgehead atoms. The van der Waals surface area contributed by atoms with Crippen LogP contribution in [-0.2, 0) is 0 Å². The molecule has 0 saturated carbocycles. The fourth-order valence-electron chi connectivity index (χ4n) is 0.711. The first-order chi connectivity index (χ1) is 5.52. The zero-order chi connectivity index (χ0) is 9.30. The van der Waals surface area contributed by atoms with E-state index in [4.69, 9.17) is 17.3 Å². The van der Waals surface area contributed by atoms with Crippen LogP contribution in [0.25, 0.3) is 0 Å². The minimum atomic E-state index is -0.697. The molecule has 0 aromatic heterocycles. The summed E-state index contributed by atoms with van der Waals surface area (Å²) in [7, 11) is 0. The summed E-state index contributed by atoms with van der Waals surface area (Å²) in [5, 5.41) is -0.0492. The Bertz CT molecular complexity index is 342. The van der Waals surface area contributed by atoms with E-state index >= 15 is 0 Å². The normalized spacial score (nSPS) is 9.92. The third kappa shape index (κ3) is 1.76. The van der Waals surface area contributed by atoms with Gasteiger partial charge < -0.3 is 5.73 Å². The van der Waals surface area contributed by atoms with Gasteiger partial charge >= 0.3 is 0 Å². The van der Waals surface area contributed by atoms with Crippen LogP contribution < -0.4 is 5.73 Å². The predicted molar refractivity (Wildman–Crippen MR) is 47.6 cm³/mol. The second-order valence-electron chi connectivity index (χ2n) is 2.11. The first-order valence-corrected chi connectivity index (χ1v) is 4.14. The quantitative estimate of drug-likeness (QED) is 0.766. The predicted octanol–water partition coefficient (Wildman–Crippen LogP) is 2.34. The van der Waals surface area contributed by atoms with Crippen molar-refractivity contribution in [3.05, 3.63) is 33.0 Å².